The number of hydrogen-bond donors (Lipinski definition) is 1. The number of aryl methyl sites for hydroxylation is 1. The van der Waals surface area contributed by atoms with Crippen LogP contribution in [-0.4, -0.2) is 11.1 Å². The number of nitrogens with one attached hydrogen (secondary N) is 1. The van der Waals surface area contributed by atoms with Crippen LogP contribution in [0, 0.1) is 6.92 Å². The molecule has 4 nitrogen and oxygen atoms in total. The molecule has 0 bridgehead atoms. The van der Waals surface area contributed by atoms with Gasteiger partial charge < -0.3 is 4.52 Å². The fraction of sp³-hybridized carbons (Fsp3) is 0.0769. The monoisotopic (exact) mass is 262 g/mol. The third kappa shape index (κ3) is 3.21. The van der Waals surface area contributed by atoms with Gasteiger partial charge in [-0.15, -0.1) is 0 Å². The van der Waals surface area contributed by atoms with Gasteiger partial charge in [0.25, 0.3) is 5.91 Å². The van der Waals surface area contributed by atoms with Crippen molar-refractivity contribution in [1.29, 1.82) is 0 Å². The van der Waals surface area contributed by atoms with Gasteiger partial charge in [-0.1, -0.05) is 35.0 Å². The third-order valence-corrected chi connectivity index (χ3v) is 2.54. The summed E-state index contributed by atoms with van der Waals surface area (Å²) >= 11 is 5.96. The Morgan fingerprint density at radius 3 is 2.89 bits per heavy atom. The molecule has 1 N–H and O–H groups in total. The van der Waals surface area contributed by atoms with Crippen LogP contribution in [0.4, 0.5) is 5.88 Å². The molecular formula is C13H11ClN2O2. The molecule has 1 heterocycles. The zero-order chi connectivity index (χ0) is 13.0. The first-order valence-corrected chi connectivity index (χ1v) is 5.70. The van der Waals surface area contributed by atoms with E-state index in [0.717, 1.165) is 5.56 Å². The number of nitrogens with zero attached hydrogens (tertiary/aromatic N) is 1. The number of benzene rings is 1. The normalized spacial score (nSPS) is 10.8. The van der Waals surface area contributed by atoms with E-state index in [9.17, 15) is 4.79 Å². The Labute approximate surface area is 109 Å². The second kappa shape index (κ2) is 5.51. The van der Waals surface area contributed by atoms with E-state index >= 15 is 0 Å². The molecule has 0 saturated carbocycles. The smallest absolute Gasteiger partial charge is 0.250 e. The highest BCUT2D eigenvalue weighted by molar-refractivity contribution is 6.32. The van der Waals surface area contributed by atoms with Crippen LogP contribution in [0.15, 0.2) is 40.9 Å². The number of halogens is 1. The second-order valence-electron chi connectivity index (χ2n) is 3.68. The van der Waals surface area contributed by atoms with Crippen LogP contribution in [0.3, 0.4) is 0 Å². The van der Waals surface area contributed by atoms with Crippen molar-refractivity contribution in [3.05, 3.63) is 52.7 Å². The van der Waals surface area contributed by atoms with Crippen LogP contribution in [0.1, 0.15) is 11.3 Å². The molecule has 1 aromatic heterocycles. The first-order valence-electron chi connectivity index (χ1n) is 5.32. The predicted octanol–water partition coefficient (Wildman–Crippen LogP) is 3.29. The first kappa shape index (κ1) is 12.4. The Balaban J connectivity index is 2.01. The molecule has 2 aromatic rings. The molecule has 0 atom stereocenters. The van der Waals surface area contributed by atoms with Crippen LogP contribution < -0.4 is 5.32 Å². The second-order valence-corrected chi connectivity index (χ2v) is 4.08. The van der Waals surface area contributed by atoms with Crippen molar-refractivity contribution in [2.45, 2.75) is 6.92 Å². The molecule has 0 saturated heterocycles. The number of hydrogen-bond acceptors (Lipinski definition) is 3. The van der Waals surface area contributed by atoms with E-state index in [1.165, 1.54) is 6.08 Å². The maximum Gasteiger partial charge on any atom is 0.250 e. The summed E-state index contributed by atoms with van der Waals surface area (Å²) in [5, 5.41) is 6.82. The molecule has 1 amide bonds. The minimum Gasteiger partial charge on any atom is -0.338 e. The highest BCUT2D eigenvalue weighted by Crippen LogP contribution is 2.16. The third-order valence-electron chi connectivity index (χ3n) is 2.19. The van der Waals surface area contributed by atoms with Crippen LogP contribution in [0.2, 0.25) is 5.02 Å². The molecule has 2 rings (SSSR count). The van der Waals surface area contributed by atoms with Crippen molar-refractivity contribution in [2.24, 2.45) is 0 Å². The summed E-state index contributed by atoms with van der Waals surface area (Å²) in [7, 11) is 0. The van der Waals surface area contributed by atoms with Crippen LogP contribution in [0.5, 0.6) is 0 Å². The zero-order valence-electron chi connectivity index (χ0n) is 9.68. The molecular weight excluding hydrogens is 252 g/mol. The molecule has 92 valence electrons. The van der Waals surface area contributed by atoms with Crippen LogP contribution in [0.25, 0.3) is 6.08 Å². The van der Waals surface area contributed by atoms with E-state index in [1.807, 2.05) is 18.2 Å². The zero-order valence-corrected chi connectivity index (χ0v) is 10.4. The average molecular weight is 263 g/mol. The summed E-state index contributed by atoms with van der Waals surface area (Å²) in [6, 6.07) is 8.91. The van der Waals surface area contributed by atoms with Gasteiger partial charge in [0.05, 0.1) is 5.69 Å². The highest BCUT2D eigenvalue weighted by atomic mass is 35.5. The number of aromatic nitrogens is 1. The summed E-state index contributed by atoms with van der Waals surface area (Å²) in [6.07, 6.45) is 3.03. The lowest BCUT2D eigenvalue weighted by molar-refractivity contribution is -0.112. The molecule has 5 heteroatoms. The van der Waals surface area contributed by atoms with Gasteiger partial charge >= 0.3 is 0 Å². The summed E-state index contributed by atoms with van der Waals surface area (Å²) in [4.78, 5) is 11.6. The predicted molar refractivity (Wildman–Crippen MR) is 70.4 cm³/mol. The van der Waals surface area contributed by atoms with Gasteiger partial charge in [-0.3, -0.25) is 10.1 Å². The van der Waals surface area contributed by atoms with Gasteiger partial charge in [-0.2, -0.15) is 0 Å². The Morgan fingerprint density at radius 2 is 2.22 bits per heavy atom. The number of carbonyl (C=O) groups is 1. The molecule has 0 aliphatic carbocycles. The average Bonchev–Trinajstić information content (AvgIpc) is 2.74. The fourth-order valence-electron chi connectivity index (χ4n) is 1.36. The number of carbonyl (C=O) groups excluding carboxylic acids is 1. The van der Waals surface area contributed by atoms with Gasteiger partial charge in [-0.05, 0) is 24.6 Å². The minimum absolute atomic E-state index is 0.300. The molecule has 0 aliphatic heterocycles. The van der Waals surface area contributed by atoms with Gasteiger partial charge in [-0.25, -0.2) is 0 Å². The van der Waals surface area contributed by atoms with Crippen molar-refractivity contribution in [3.8, 4) is 0 Å². The molecule has 1 aromatic carbocycles. The SMILES string of the molecule is Cc1cc(NC(=O)C=Cc2ccccc2Cl)on1. The van der Waals surface area contributed by atoms with Crippen LogP contribution >= 0.6 is 11.6 Å². The number of anilines is 1. The van der Waals surface area contributed by atoms with Crippen molar-refractivity contribution in [2.75, 3.05) is 5.32 Å². The quantitative estimate of drug-likeness (QED) is 0.864. The van der Waals surface area contributed by atoms with E-state index in [1.54, 1.807) is 25.1 Å². The molecule has 0 radical (unpaired) electrons. The summed E-state index contributed by atoms with van der Waals surface area (Å²) in [5.74, 6) is 0.0207. The topological polar surface area (TPSA) is 55.1 Å². The Bertz CT molecular complexity index is 590. The number of amides is 1. The van der Waals surface area contributed by atoms with Crippen molar-refractivity contribution < 1.29 is 9.32 Å². The van der Waals surface area contributed by atoms with Crippen molar-refractivity contribution in [1.82, 2.24) is 5.16 Å². The van der Waals surface area contributed by atoms with Crippen LogP contribution in [-0.2, 0) is 4.79 Å². The number of rotatable bonds is 3. The van der Waals surface area contributed by atoms with Gasteiger partial charge in [0.1, 0.15) is 0 Å². The summed E-state index contributed by atoms with van der Waals surface area (Å²) in [6.45, 7) is 1.78. The van der Waals surface area contributed by atoms with E-state index in [2.05, 4.69) is 10.5 Å². The first-order chi connectivity index (χ1) is 8.65. The van der Waals surface area contributed by atoms with E-state index < -0.39 is 0 Å². The van der Waals surface area contributed by atoms with Crippen molar-refractivity contribution >= 4 is 29.5 Å². The fourth-order valence-corrected chi connectivity index (χ4v) is 1.56. The Hall–Kier alpha value is -2.07. The molecule has 0 aliphatic rings. The molecule has 0 fully saturated rings. The minimum atomic E-state index is -0.300. The largest absolute Gasteiger partial charge is 0.338 e. The van der Waals surface area contributed by atoms with Gasteiger partial charge in [0.15, 0.2) is 0 Å². The van der Waals surface area contributed by atoms with Gasteiger partial charge in [0, 0.05) is 17.2 Å². The molecule has 18 heavy (non-hydrogen) atoms. The highest BCUT2D eigenvalue weighted by Gasteiger charge is 2.03. The maximum atomic E-state index is 11.6. The summed E-state index contributed by atoms with van der Waals surface area (Å²) < 4.78 is 4.87. The van der Waals surface area contributed by atoms with Crippen molar-refractivity contribution in [3.63, 3.8) is 0 Å². The van der Waals surface area contributed by atoms with E-state index in [-0.39, 0.29) is 5.91 Å². The Kier molecular flexibility index (Phi) is 3.79. The van der Waals surface area contributed by atoms with E-state index in [0.29, 0.717) is 16.6 Å². The molecule has 0 spiro atoms. The summed E-state index contributed by atoms with van der Waals surface area (Å²) in [5.41, 5.74) is 1.49. The maximum absolute atomic E-state index is 11.6. The lowest BCUT2D eigenvalue weighted by Gasteiger charge is -1.97. The lowest BCUT2D eigenvalue weighted by Crippen LogP contribution is -2.06. The Morgan fingerprint density at radius 1 is 1.44 bits per heavy atom. The standard InChI is InChI=1S/C13H11ClN2O2/c1-9-8-13(18-16-9)15-12(17)7-6-10-4-2-3-5-11(10)14/h2-8H,1H3,(H,15,17). The van der Waals surface area contributed by atoms with Gasteiger partial charge in [0.2, 0.25) is 5.88 Å². The molecule has 0 unspecified atom stereocenters. The lowest BCUT2D eigenvalue weighted by atomic mass is 10.2. The van der Waals surface area contributed by atoms with E-state index in [4.69, 9.17) is 16.1 Å².